The quantitative estimate of drug-likeness (QED) is 0.207. The molecule has 0 saturated heterocycles. The van der Waals surface area contributed by atoms with Crippen LogP contribution in [0.5, 0.6) is 0 Å². The van der Waals surface area contributed by atoms with Crippen LogP contribution in [0.2, 0.25) is 0 Å². The van der Waals surface area contributed by atoms with Crippen molar-refractivity contribution in [3.63, 3.8) is 0 Å². The zero-order chi connectivity index (χ0) is 23.4. The molecule has 0 aliphatic rings. The molecule has 0 aromatic rings. The molecule has 0 aromatic heterocycles. The van der Waals surface area contributed by atoms with E-state index in [4.69, 9.17) is 21.7 Å². The number of carbonyl (C=O) groups excluding carboxylic acids is 2. The molecular formula is C18H34CuN4O8. The number of rotatable bonds is 14. The van der Waals surface area contributed by atoms with Crippen molar-refractivity contribution in [1.29, 1.82) is 0 Å². The van der Waals surface area contributed by atoms with Gasteiger partial charge >= 0.3 is 29.3 Å². The van der Waals surface area contributed by atoms with E-state index in [9.17, 15) is 19.2 Å². The summed E-state index contributed by atoms with van der Waals surface area (Å²) < 4.78 is 9.25. The van der Waals surface area contributed by atoms with Crippen LogP contribution in [0.1, 0.15) is 52.4 Å². The van der Waals surface area contributed by atoms with Gasteiger partial charge in [0, 0.05) is 13.1 Å². The van der Waals surface area contributed by atoms with E-state index in [-0.39, 0.29) is 17.1 Å². The molecule has 2 atom stereocenters. The summed E-state index contributed by atoms with van der Waals surface area (Å²) in [7, 11) is 0. The minimum Gasteiger partial charge on any atom is -0.665 e. The number of ether oxygens (including phenoxy) is 2. The average Bonchev–Trinajstić information content (AvgIpc) is 2.67. The van der Waals surface area contributed by atoms with E-state index in [1.54, 1.807) is 13.8 Å². The van der Waals surface area contributed by atoms with E-state index in [0.717, 1.165) is 0 Å². The molecule has 0 aliphatic heterocycles. The minimum atomic E-state index is -1.10. The molecule has 0 spiro atoms. The molecule has 0 saturated carbocycles. The molecule has 0 bridgehead atoms. The summed E-state index contributed by atoms with van der Waals surface area (Å²) in [6.07, 6.45) is 2.21. The smallest absolute Gasteiger partial charge is 0.665 e. The maximum Gasteiger partial charge on any atom is 2.00 e. The van der Waals surface area contributed by atoms with Crippen molar-refractivity contribution in [3.8, 4) is 0 Å². The maximum absolute atomic E-state index is 10.8. The Labute approximate surface area is 193 Å². The molecular weight excluding hydrogens is 464 g/mol. The van der Waals surface area contributed by atoms with Crippen molar-refractivity contribution in [3.05, 3.63) is 11.5 Å². The number of carboxylic acids is 2. The number of alkyl carbamates (subject to hydrolysis) is 2. The Bertz CT molecular complexity index is 467. The molecule has 13 heteroatoms. The van der Waals surface area contributed by atoms with E-state index in [1.807, 2.05) is 0 Å². The summed E-state index contributed by atoms with van der Waals surface area (Å²) >= 11 is 0. The number of amides is 2. The number of carboxylic acid groups (broad SMARTS) is 2. The van der Waals surface area contributed by atoms with Gasteiger partial charge in [0.15, 0.2) is 0 Å². The maximum atomic E-state index is 10.8. The number of hydrogen-bond acceptors (Lipinski definition) is 6. The minimum absolute atomic E-state index is 0. The third-order valence-corrected chi connectivity index (χ3v) is 3.52. The second-order valence-electron chi connectivity index (χ2n) is 6.07. The van der Waals surface area contributed by atoms with Crippen LogP contribution in [-0.2, 0) is 36.1 Å². The molecule has 6 N–H and O–H groups in total. The van der Waals surface area contributed by atoms with Crippen LogP contribution in [0.3, 0.4) is 0 Å². The second kappa shape index (κ2) is 22.6. The van der Waals surface area contributed by atoms with Gasteiger partial charge in [0.25, 0.3) is 11.9 Å². The van der Waals surface area contributed by atoms with Crippen LogP contribution in [-0.4, -0.2) is 72.7 Å². The Balaban J connectivity index is -0.000000490. The average molecular weight is 498 g/mol. The van der Waals surface area contributed by atoms with E-state index < -0.39 is 36.2 Å². The first-order valence-electron chi connectivity index (χ1n) is 9.84. The zero-order valence-corrected chi connectivity index (χ0v) is 18.8. The van der Waals surface area contributed by atoms with Crippen molar-refractivity contribution in [2.45, 2.75) is 64.5 Å². The van der Waals surface area contributed by atoms with Crippen LogP contribution in [0, 0.1) is 0 Å². The second-order valence-corrected chi connectivity index (χ2v) is 6.07. The number of aliphatic carboxylic acids is 2. The number of nitrogens with one attached hydrogen (secondary N) is 4. The van der Waals surface area contributed by atoms with Gasteiger partial charge in [0.1, 0.15) is 0 Å². The van der Waals surface area contributed by atoms with Crippen LogP contribution in [0.25, 0.3) is 11.5 Å². The molecule has 2 unspecified atom stereocenters. The van der Waals surface area contributed by atoms with Gasteiger partial charge in [-0.25, -0.2) is 9.59 Å². The van der Waals surface area contributed by atoms with Crippen molar-refractivity contribution in [1.82, 2.24) is 10.6 Å². The van der Waals surface area contributed by atoms with Crippen molar-refractivity contribution < 1.29 is 55.9 Å². The fourth-order valence-electron chi connectivity index (χ4n) is 1.94. The molecule has 31 heavy (non-hydrogen) atoms. The van der Waals surface area contributed by atoms with Crippen LogP contribution >= 0.6 is 0 Å². The van der Waals surface area contributed by atoms with Gasteiger partial charge in [-0.15, -0.1) is 0 Å². The Hall–Kier alpha value is -2.08. The van der Waals surface area contributed by atoms with Gasteiger partial charge in [-0.2, -0.15) is 0 Å². The van der Waals surface area contributed by atoms with Gasteiger partial charge < -0.3 is 41.8 Å². The van der Waals surface area contributed by atoms with Crippen molar-refractivity contribution >= 4 is 24.1 Å². The normalized spacial score (nSPS) is 11.5. The fourth-order valence-corrected chi connectivity index (χ4v) is 1.94. The third kappa shape index (κ3) is 24.1. The first kappa shape index (κ1) is 33.6. The number of hydrogen-bond donors (Lipinski definition) is 4. The van der Waals surface area contributed by atoms with Gasteiger partial charge in [-0.3, -0.25) is 9.59 Å². The van der Waals surface area contributed by atoms with E-state index >= 15 is 0 Å². The first-order chi connectivity index (χ1) is 14.1. The number of carbonyl (C=O) groups is 4. The van der Waals surface area contributed by atoms with E-state index in [2.05, 4.69) is 20.1 Å². The van der Waals surface area contributed by atoms with Crippen molar-refractivity contribution in [2.75, 3.05) is 26.3 Å². The Morgan fingerprint density at radius 1 is 0.742 bits per heavy atom. The molecule has 2 amide bonds. The summed E-state index contributed by atoms with van der Waals surface area (Å²) in [5.41, 5.74) is 14.2. The van der Waals surface area contributed by atoms with Gasteiger partial charge in [0.05, 0.1) is 13.2 Å². The van der Waals surface area contributed by atoms with Gasteiger partial charge in [-0.05, 0) is 38.8 Å². The fraction of sp³-hybridized carbons (Fsp3) is 0.778. The van der Waals surface area contributed by atoms with Crippen LogP contribution in [0.15, 0.2) is 0 Å². The molecule has 1 radical (unpaired) electrons. The molecule has 0 fully saturated rings. The molecule has 0 heterocycles. The third-order valence-electron chi connectivity index (χ3n) is 3.52. The SMILES string of the molecule is CCOC(=O)NCCCCC([NH-])C(=O)O.CCOC(=O)NCCCCC([NH-])C(=O)O.[Cu+2]. The van der Waals surface area contributed by atoms with Gasteiger partial charge in [-0.1, -0.05) is 25.7 Å². The van der Waals surface area contributed by atoms with Crippen molar-refractivity contribution in [2.24, 2.45) is 0 Å². The predicted octanol–water partition coefficient (Wildman–Crippen LogP) is 2.81. The summed E-state index contributed by atoms with van der Waals surface area (Å²) in [5.74, 6) is -2.21. The summed E-state index contributed by atoms with van der Waals surface area (Å²) in [5, 5.41) is 21.9. The molecule has 185 valence electrons. The Morgan fingerprint density at radius 3 is 1.32 bits per heavy atom. The Morgan fingerprint density at radius 2 is 1.06 bits per heavy atom. The summed E-state index contributed by atoms with van der Waals surface area (Å²) in [6, 6.07) is -2.12. The largest absolute Gasteiger partial charge is 2.00 e. The van der Waals surface area contributed by atoms with E-state index in [1.165, 1.54) is 0 Å². The first-order valence-corrected chi connectivity index (χ1v) is 9.84. The molecule has 0 aromatic carbocycles. The van der Waals surface area contributed by atoms with E-state index in [0.29, 0.717) is 64.8 Å². The van der Waals surface area contributed by atoms with Crippen LogP contribution in [0.4, 0.5) is 9.59 Å². The molecule has 12 nitrogen and oxygen atoms in total. The number of unbranched alkanes of at least 4 members (excludes halogenated alkanes) is 2. The summed E-state index contributed by atoms with van der Waals surface area (Å²) in [4.78, 5) is 42.1. The van der Waals surface area contributed by atoms with Crippen LogP contribution < -0.4 is 10.6 Å². The standard InChI is InChI=1S/2C9H17N2O4.Cu/c2*1-2-15-9(14)11-6-4-3-5-7(10)8(12)13;/h2*7,10H,2-6H2,1H3,(H,11,14)(H,12,13);/q2*-1;+2. The topological polar surface area (TPSA) is 199 Å². The molecule has 0 rings (SSSR count). The van der Waals surface area contributed by atoms with Gasteiger partial charge in [0.2, 0.25) is 0 Å². The zero-order valence-electron chi connectivity index (χ0n) is 17.9. The monoisotopic (exact) mass is 497 g/mol. The Kier molecular flexibility index (Phi) is 24.5. The summed E-state index contributed by atoms with van der Waals surface area (Å²) in [6.45, 7) is 5.00. The predicted molar refractivity (Wildman–Crippen MR) is 109 cm³/mol. The molecule has 0 aliphatic carbocycles.